The van der Waals surface area contributed by atoms with Gasteiger partial charge in [-0.3, -0.25) is 4.79 Å². The number of halogens is 1. The van der Waals surface area contributed by atoms with Crippen molar-refractivity contribution in [1.82, 2.24) is 9.44 Å². The summed E-state index contributed by atoms with van der Waals surface area (Å²) in [6.45, 7) is 3.78. The van der Waals surface area contributed by atoms with Crippen molar-refractivity contribution in [3.05, 3.63) is 58.6 Å². The number of unbranched alkanes of at least 4 members (excludes halogenated alkanes) is 1. The number of carbonyl (C=O) groups excluding carboxylic acids is 1. The van der Waals surface area contributed by atoms with E-state index < -0.39 is 32.1 Å². The third-order valence-corrected chi connectivity index (χ3v) is 8.03. The van der Waals surface area contributed by atoms with Crippen LogP contribution in [0.25, 0.3) is 0 Å². The summed E-state index contributed by atoms with van der Waals surface area (Å²) >= 11 is 3.25. The van der Waals surface area contributed by atoms with Gasteiger partial charge in [0.2, 0.25) is 20.0 Å². The number of rotatable bonds is 12. The summed E-state index contributed by atoms with van der Waals surface area (Å²) in [4.78, 5) is 12.5. The van der Waals surface area contributed by atoms with E-state index in [-0.39, 0.29) is 29.4 Å². The molecule has 0 bridgehead atoms. The van der Waals surface area contributed by atoms with E-state index in [2.05, 4.69) is 25.4 Å². The lowest BCUT2D eigenvalue weighted by Gasteiger charge is -2.17. The Kier molecular flexibility index (Phi) is 9.83. The van der Waals surface area contributed by atoms with Crippen LogP contribution >= 0.6 is 15.9 Å². The van der Waals surface area contributed by atoms with Crippen molar-refractivity contribution in [2.45, 2.75) is 48.9 Å². The number of nitrogens with one attached hydrogen (secondary N) is 2. The minimum absolute atomic E-state index is 0.0286. The Labute approximate surface area is 198 Å². The van der Waals surface area contributed by atoms with E-state index in [1.54, 1.807) is 31.2 Å². The summed E-state index contributed by atoms with van der Waals surface area (Å²) in [5.41, 5.74) is 0.958. The molecule has 2 rings (SSSR count). The Balaban J connectivity index is 1.94. The first-order valence-electron chi connectivity index (χ1n) is 10.1. The molecule has 2 N–H and O–H groups in total. The van der Waals surface area contributed by atoms with Gasteiger partial charge >= 0.3 is 5.97 Å². The Bertz CT molecular complexity index is 1100. The van der Waals surface area contributed by atoms with Crippen LogP contribution < -0.4 is 9.44 Å². The number of carbonyl (C=O) groups is 1. The smallest absolute Gasteiger partial charge is 0.324 e. The van der Waals surface area contributed by atoms with Gasteiger partial charge in [-0.2, -0.15) is 4.72 Å². The summed E-state index contributed by atoms with van der Waals surface area (Å²) in [5.74, 6) is -0.673. The largest absolute Gasteiger partial charge is 0.465 e. The zero-order chi connectivity index (χ0) is 23.8. The SMILES string of the molecule is CCOC(=O)C(CCCCNS(=O)(=O)c1ccc(C)cc1)NS(=O)(=O)c1ccc(Br)cc1. The first-order valence-corrected chi connectivity index (χ1v) is 13.8. The number of ether oxygens (including phenoxy) is 1. The molecule has 2 aromatic rings. The number of sulfonamides is 2. The van der Waals surface area contributed by atoms with Crippen molar-refractivity contribution < 1.29 is 26.4 Å². The molecule has 0 spiro atoms. The molecule has 176 valence electrons. The second kappa shape index (κ2) is 11.9. The number of aryl methyl sites for hydroxylation is 1. The molecule has 2 aromatic carbocycles. The molecule has 0 saturated heterocycles. The van der Waals surface area contributed by atoms with E-state index in [0.717, 1.165) is 10.0 Å². The normalized spacial score (nSPS) is 13.0. The van der Waals surface area contributed by atoms with Crippen LogP contribution in [0.4, 0.5) is 0 Å². The van der Waals surface area contributed by atoms with E-state index in [9.17, 15) is 21.6 Å². The summed E-state index contributed by atoms with van der Waals surface area (Å²) < 4.78 is 60.6. The van der Waals surface area contributed by atoms with Crippen LogP contribution in [0.2, 0.25) is 0 Å². The molecule has 11 heteroatoms. The van der Waals surface area contributed by atoms with Gasteiger partial charge in [-0.25, -0.2) is 21.6 Å². The van der Waals surface area contributed by atoms with Gasteiger partial charge < -0.3 is 4.74 Å². The molecule has 0 fully saturated rings. The van der Waals surface area contributed by atoms with E-state index >= 15 is 0 Å². The topological polar surface area (TPSA) is 119 Å². The van der Waals surface area contributed by atoms with Crippen molar-refractivity contribution in [1.29, 1.82) is 0 Å². The minimum atomic E-state index is -3.93. The molecule has 8 nitrogen and oxygen atoms in total. The fraction of sp³-hybridized carbons (Fsp3) is 0.381. The molecule has 1 atom stereocenters. The maximum Gasteiger partial charge on any atom is 0.324 e. The molecule has 0 amide bonds. The first kappa shape index (κ1) is 26.5. The molecule has 0 aliphatic heterocycles. The lowest BCUT2D eigenvalue weighted by molar-refractivity contribution is -0.145. The highest BCUT2D eigenvalue weighted by Crippen LogP contribution is 2.16. The first-order chi connectivity index (χ1) is 15.0. The second-order valence-electron chi connectivity index (χ2n) is 7.09. The number of esters is 1. The third-order valence-electron chi connectivity index (χ3n) is 4.54. The fourth-order valence-electron chi connectivity index (χ4n) is 2.82. The Hall–Kier alpha value is -1.79. The van der Waals surface area contributed by atoms with Gasteiger partial charge in [0.1, 0.15) is 6.04 Å². The molecular formula is C21H27BrN2O6S2. The molecule has 0 aliphatic rings. The quantitative estimate of drug-likeness (QED) is 0.312. The molecule has 0 saturated carbocycles. The number of benzene rings is 2. The third kappa shape index (κ3) is 7.96. The van der Waals surface area contributed by atoms with Gasteiger partial charge in [-0.15, -0.1) is 0 Å². The lowest BCUT2D eigenvalue weighted by Crippen LogP contribution is -2.41. The monoisotopic (exact) mass is 546 g/mol. The van der Waals surface area contributed by atoms with Gasteiger partial charge in [0.05, 0.1) is 16.4 Å². The van der Waals surface area contributed by atoms with Crippen LogP contribution in [0.15, 0.2) is 62.8 Å². The maximum atomic E-state index is 12.6. The van der Waals surface area contributed by atoms with Crippen LogP contribution in [-0.4, -0.2) is 42.0 Å². The highest BCUT2D eigenvalue weighted by molar-refractivity contribution is 9.10. The fourth-order valence-corrected chi connectivity index (χ4v) is 5.38. The van der Waals surface area contributed by atoms with Gasteiger partial charge in [0, 0.05) is 11.0 Å². The average molecular weight is 547 g/mol. The summed E-state index contributed by atoms with van der Waals surface area (Å²) in [7, 11) is -7.56. The maximum absolute atomic E-state index is 12.6. The van der Waals surface area contributed by atoms with Gasteiger partial charge in [0.15, 0.2) is 0 Å². The predicted octanol–water partition coefficient (Wildman–Crippen LogP) is 3.12. The summed E-state index contributed by atoms with van der Waals surface area (Å²) in [6, 6.07) is 11.5. The van der Waals surface area contributed by atoms with Crippen molar-refractivity contribution >= 4 is 41.9 Å². The second-order valence-corrected chi connectivity index (χ2v) is 11.5. The van der Waals surface area contributed by atoms with Crippen molar-refractivity contribution in [3.8, 4) is 0 Å². The average Bonchev–Trinajstić information content (AvgIpc) is 2.73. The standard InChI is InChI=1S/C21H27BrN2O6S2/c1-3-30-21(25)20(24-32(28,29)19-13-9-17(22)10-14-19)6-4-5-15-23-31(26,27)18-11-7-16(2)8-12-18/h7-14,20,23-24H,3-6,15H2,1-2H3. The number of hydrogen-bond acceptors (Lipinski definition) is 6. The van der Waals surface area contributed by atoms with E-state index in [1.807, 2.05) is 6.92 Å². The molecule has 0 aromatic heterocycles. The molecule has 0 heterocycles. The van der Waals surface area contributed by atoms with Gasteiger partial charge in [0.25, 0.3) is 0 Å². The van der Waals surface area contributed by atoms with E-state index in [4.69, 9.17) is 4.74 Å². The van der Waals surface area contributed by atoms with E-state index in [1.165, 1.54) is 24.3 Å². The minimum Gasteiger partial charge on any atom is -0.465 e. The summed E-state index contributed by atoms with van der Waals surface area (Å²) in [6.07, 6.45) is 0.991. The summed E-state index contributed by atoms with van der Waals surface area (Å²) in [5, 5.41) is 0. The van der Waals surface area contributed by atoms with Crippen molar-refractivity contribution in [2.24, 2.45) is 0 Å². The predicted molar refractivity (Wildman–Crippen MR) is 125 cm³/mol. The Morgan fingerprint density at radius 3 is 2.09 bits per heavy atom. The molecule has 32 heavy (non-hydrogen) atoms. The highest BCUT2D eigenvalue weighted by atomic mass is 79.9. The zero-order valence-corrected chi connectivity index (χ0v) is 21.1. The van der Waals surface area contributed by atoms with Crippen molar-refractivity contribution in [2.75, 3.05) is 13.2 Å². The lowest BCUT2D eigenvalue weighted by atomic mass is 10.1. The molecular weight excluding hydrogens is 520 g/mol. The van der Waals surface area contributed by atoms with Crippen molar-refractivity contribution in [3.63, 3.8) is 0 Å². The zero-order valence-electron chi connectivity index (χ0n) is 17.9. The Morgan fingerprint density at radius 1 is 0.938 bits per heavy atom. The van der Waals surface area contributed by atoms with E-state index in [0.29, 0.717) is 12.8 Å². The Morgan fingerprint density at radius 2 is 1.50 bits per heavy atom. The molecule has 0 aliphatic carbocycles. The van der Waals surface area contributed by atoms with Crippen LogP contribution in [0.5, 0.6) is 0 Å². The van der Waals surface area contributed by atoms with Crippen LogP contribution in [0.1, 0.15) is 31.7 Å². The van der Waals surface area contributed by atoms with Gasteiger partial charge in [-0.1, -0.05) is 33.6 Å². The molecule has 1 unspecified atom stereocenters. The van der Waals surface area contributed by atoms with Crippen LogP contribution in [0.3, 0.4) is 0 Å². The number of hydrogen-bond donors (Lipinski definition) is 2. The molecule has 0 radical (unpaired) electrons. The van der Waals surface area contributed by atoms with Crippen LogP contribution in [-0.2, 0) is 29.6 Å². The highest BCUT2D eigenvalue weighted by Gasteiger charge is 2.26. The van der Waals surface area contributed by atoms with Gasteiger partial charge in [-0.05, 0) is 69.5 Å². The van der Waals surface area contributed by atoms with Crippen LogP contribution in [0, 0.1) is 6.92 Å².